The maximum atomic E-state index is 11.9. The fourth-order valence-corrected chi connectivity index (χ4v) is 4.90. The molecule has 0 unspecified atom stereocenters. The molecule has 0 bridgehead atoms. The summed E-state index contributed by atoms with van der Waals surface area (Å²) in [4.78, 5) is 0. The van der Waals surface area contributed by atoms with E-state index in [1.807, 2.05) is 31.2 Å². The molecule has 0 aliphatic heterocycles. The second kappa shape index (κ2) is 9.36. The summed E-state index contributed by atoms with van der Waals surface area (Å²) in [5, 5.41) is 0.706. The highest BCUT2D eigenvalue weighted by Crippen LogP contribution is 2.44. The van der Waals surface area contributed by atoms with Crippen molar-refractivity contribution in [3.8, 4) is 0 Å². The van der Waals surface area contributed by atoms with Crippen molar-refractivity contribution in [1.82, 2.24) is 0 Å². The molecule has 0 N–H and O–H groups in total. The van der Waals surface area contributed by atoms with E-state index in [0.29, 0.717) is 43.7 Å². The molecule has 0 heterocycles. The average Bonchev–Trinajstić information content (AvgIpc) is 2.57. The van der Waals surface area contributed by atoms with E-state index in [2.05, 4.69) is 6.92 Å². The molecule has 0 saturated heterocycles. The molecule has 6 heteroatoms. The van der Waals surface area contributed by atoms with E-state index in [4.69, 9.17) is 20.5 Å². The Labute approximate surface area is 157 Å². The van der Waals surface area contributed by atoms with Gasteiger partial charge >= 0.3 is 0 Å². The van der Waals surface area contributed by atoms with Gasteiger partial charge in [-0.1, -0.05) is 50.1 Å². The Morgan fingerprint density at radius 3 is 2.44 bits per heavy atom. The van der Waals surface area contributed by atoms with Crippen LogP contribution in [0.2, 0.25) is 5.02 Å². The van der Waals surface area contributed by atoms with Gasteiger partial charge in [0, 0.05) is 17.2 Å². The van der Waals surface area contributed by atoms with E-state index >= 15 is 0 Å². The molecule has 1 aromatic rings. The Bertz CT molecular complexity index is 637. The minimum atomic E-state index is -3.43. The van der Waals surface area contributed by atoms with E-state index in [-0.39, 0.29) is 11.9 Å². The van der Waals surface area contributed by atoms with Crippen LogP contribution in [0.25, 0.3) is 0 Å². The predicted octanol–water partition coefficient (Wildman–Crippen LogP) is 5.05. The quantitative estimate of drug-likeness (QED) is 0.438. The van der Waals surface area contributed by atoms with Gasteiger partial charge in [-0.2, -0.15) is 8.42 Å². The summed E-state index contributed by atoms with van der Waals surface area (Å²) in [6.07, 6.45) is 5.11. The third-order valence-electron chi connectivity index (χ3n) is 4.72. The minimum absolute atomic E-state index is 0.0756. The molecule has 0 amide bonds. The predicted molar refractivity (Wildman–Crippen MR) is 101 cm³/mol. The lowest BCUT2D eigenvalue weighted by Crippen LogP contribution is -2.38. The maximum Gasteiger partial charge on any atom is 0.267 e. The average molecular weight is 389 g/mol. The third-order valence-corrected chi connectivity index (χ3v) is 6.52. The van der Waals surface area contributed by atoms with Gasteiger partial charge in [0.25, 0.3) is 10.1 Å². The van der Waals surface area contributed by atoms with Crippen LogP contribution >= 0.6 is 11.6 Å². The molecule has 0 spiro atoms. The van der Waals surface area contributed by atoms with Crippen LogP contribution in [-0.2, 0) is 24.6 Å². The summed E-state index contributed by atoms with van der Waals surface area (Å²) in [5.74, 6) is 0.0756. The van der Waals surface area contributed by atoms with Crippen LogP contribution < -0.4 is 0 Å². The first-order valence-electron chi connectivity index (χ1n) is 9.22. The molecule has 1 aliphatic carbocycles. The van der Waals surface area contributed by atoms with Crippen molar-refractivity contribution in [1.29, 1.82) is 0 Å². The van der Waals surface area contributed by atoms with Crippen LogP contribution in [0.5, 0.6) is 0 Å². The summed E-state index contributed by atoms with van der Waals surface area (Å²) >= 11 is 6.44. The molecule has 1 fully saturated rings. The van der Waals surface area contributed by atoms with Crippen molar-refractivity contribution in [3.05, 3.63) is 34.9 Å². The zero-order valence-electron chi connectivity index (χ0n) is 15.2. The fourth-order valence-electron chi connectivity index (χ4n) is 3.39. The lowest BCUT2D eigenvalue weighted by atomic mass is 9.78. The van der Waals surface area contributed by atoms with E-state index < -0.39 is 15.7 Å². The first-order chi connectivity index (χ1) is 11.9. The molecular formula is C19H29ClO4S. The molecule has 0 atom stereocenters. The van der Waals surface area contributed by atoms with Gasteiger partial charge in [0.2, 0.25) is 0 Å². The normalized spacial score (nSPS) is 24.4. The highest BCUT2D eigenvalue weighted by Gasteiger charge is 2.40. The van der Waals surface area contributed by atoms with E-state index in [9.17, 15) is 8.42 Å². The van der Waals surface area contributed by atoms with Crippen molar-refractivity contribution in [2.45, 2.75) is 70.5 Å². The standard InChI is InChI=1S/C19H29ClO4S/c1-3-5-14-23-19(17-8-6-7-9-18(17)20)12-10-16(11-13-19)24-25(21,22)15-4-2/h6-9,16H,3-5,10-15H2,1-2H3. The lowest BCUT2D eigenvalue weighted by Gasteiger charge is -2.40. The number of ether oxygens (including phenoxy) is 1. The number of benzene rings is 1. The minimum Gasteiger partial charge on any atom is -0.370 e. The number of hydrogen-bond acceptors (Lipinski definition) is 4. The summed E-state index contributed by atoms with van der Waals surface area (Å²) in [6, 6.07) is 7.79. The van der Waals surface area contributed by atoms with Crippen molar-refractivity contribution < 1.29 is 17.3 Å². The lowest BCUT2D eigenvalue weighted by molar-refractivity contribution is -0.0918. The van der Waals surface area contributed by atoms with Gasteiger partial charge in [-0.3, -0.25) is 4.18 Å². The molecule has 1 aliphatic rings. The first-order valence-corrected chi connectivity index (χ1v) is 11.2. The smallest absolute Gasteiger partial charge is 0.267 e. The first kappa shape index (κ1) is 20.7. The van der Waals surface area contributed by atoms with Crippen molar-refractivity contribution in [2.75, 3.05) is 12.4 Å². The van der Waals surface area contributed by atoms with Crippen molar-refractivity contribution in [3.63, 3.8) is 0 Å². The van der Waals surface area contributed by atoms with Crippen LogP contribution in [0.1, 0.15) is 64.4 Å². The molecule has 1 aromatic carbocycles. The number of unbranched alkanes of at least 4 members (excludes halogenated alkanes) is 1. The van der Waals surface area contributed by atoms with Crippen molar-refractivity contribution in [2.24, 2.45) is 0 Å². The Hall–Kier alpha value is -0.620. The van der Waals surface area contributed by atoms with E-state index in [0.717, 1.165) is 18.4 Å². The molecule has 0 radical (unpaired) electrons. The summed E-state index contributed by atoms with van der Waals surface area (Å²) in [5.41, 5.74) is 0.560. The molecular weight excluding hydrogens is 360 g/mol. The second-order valence-electron chi connectivity index (χ2n) is 6.73. The van der Waals surface area contributed by atoms with Crippen LogP contribution in [0.15, 0.2) is 24.3 Å². The molecule has 4 nitrogen and oxygen atoms in total. The highest BCUT2D eigenvalue weighted by molar-refractivity contribution is 7.86. The Morgan fingerprint density at radius 2 is 1.84 bits per heavy atom. The zero-order chi connectivity index (χ0) is 18.3. The zero-order valence-corrected chi connectivity index (χ0v) is 16.7. The van der Waals surface area contributed by atoms with E-state index in [1.54, 1.807) is 0 Å². The summed E-state index contributed by atoms with van der Waals surface area (Å²) in [6.45, 7) is 4.65. The highest BCUT2D eigenvalue weighted by atomic mass is 35.5. The fraction of sp³-hybridized carbons (Fsp3) is 0.684. The number of rotatable bonds is 9. The molecule has 1 saturated carbocycles. The van der Waals surface area contributed by atoms with Gasteiger partial charge in [0.15, 0.2) is 0 Å². The van der Waals surface area contributed by atoms with Crippen LogP contribution in [0.3, 0.4) is 0 Å². The maximum absolute atomic E-state index is 11.9. The second-order valence-corrected chi connectivity index (χ2v) is 8.86. The summed E-state index contributed by atoms with van der Waals surface area (Å²) in [7, 11) is -3.43. The number of hydrogen-bond donors (Lipinski definition) is 0. The SMILES string of the molecule is CCCCOC1(c2ccccc2Cl)CCC(OS(=O)(=O)CCC)CC1. The van der Waals surface area contributed by atoms with Crippen molar-refractivity contribution >= 4 is 21.7 Å². The molecule has 2 rings (SSSR count). The van der Waals surface area contributed by atoms with Gasteiger partial charge in [-0.05, 0) is 44.6 Å². The third kappa shape index (κ3) is 5.68. The van der Waals surface area contributed by atoms with Crippen LogP contribution in [0, 0.1) is 0 Å². The molecule has 0 aromatic heterocycles. The van der Waals surface area contributed by atoms with Crippen LogP contribution in [0.4, 0.5) is 0 Å². The Morgan fingerprint density at radius 1 is 1.16 bits per heavy atom. The van der Waals surface area contributed by atoms with Gasteiger partial charge in [0.05, 0.1) is 17.5 Å². The van der Waals surface area contributed by atoms with Gasteiger partial charge in [-0.25, -0.2) is 0 Å². The number of halogens is 1. The Balaban J connectivity index is 2.11. The molecule has 25 heavy (non-hydrogen) atoms. The van der Waals surface area contributed by atoms with Crippen LogP contribution in [-0.4, -0.2) is 26.9 Å². The van der Waals surface area contributed by atoms with Gasteiger partial charge < -0.3 is 4.74 Å². The largest absolute Gasteiger partial charge is 0.370 e. The van der Waals surface area contributed by atoms with E-state index in [1.165, 1.54) is 0 Å². The topological polar surface area (TPSA) is 52.6 Å². The molecule has 142 valence electrons. The van der Waals surface area contributed by atoms with Gasteiger partial charge in [0.1, 0.15) is 0 Å². The van der Waals surface area contributed by atoms with Gasteiger partial charge in [-0.15, -0.1) is 0 Å². The summed E-state index contributed by atoms with van der Waals surface area (Å²) < 4.78 is 35.5. The monoisotopic (exact) mass is 388 g/mol. The Kier molecular flexibility index (Phi) is 7.74.